The van der Waals surface area contributed by atoms with E-state index in [1.807, 2.05) is 35.4 Å². The van der Waals surface area contributed by atoms with Gasteiger partial charge in [0.05, 0.1) is 41.1 Å². The van der Waals surface area contributed by atoms with Crippen molar-refractivity contribution in [1.29, 1.82) is 0 Å². The molecular formula is C18H22N4O2S. The minimum atomic E-state index is -0.0802. The highest BCUT2D eigenvalue weighted by Gasteiger charge is 2.31. The molecule has 0 saturated carbocycles. The molecule has 0 aromatic carbocycles. The van der Waals surface area contributed by atoms with Crippen LogP contribution in [-0.2, 0) is 22.6 Å². The van der Waals surface area contributed by atoms with E-state index in [1.165, 1.54) is 6.92 Å². The van der Waals surface area contributed by atoms with Crippen LogP contribution in [0.25, 0.3) is 0 Å². The molecule has 0 spiro atoms. The second kappa shape index (κ2) is 7.74. The van der Waals surface area contributed by atoms with E-state index in [-0.39, 0.29) is 17.9 Å². The number of carbonyl (C=O) groups excluding carboxylic acids is 2. The topological polar surface area (TPSA) is 75.2 Å². The van der Waals surface area contributed by atoms with E-state index in [4.69, 9.17) is 0 Å². The van der Waals surface area contributed by atoms with Gasteiger partial charge in [-0.15, -0.1) is 11.3 Å². The Hall–Kier alpha value is -2.28. The largest absolute Gasteiger partial charge is 0.351 e. The predicted octanol–water partition coefficient (Wildman–Crippen LogP) is 2.39. The average molecular weight is 358 g/mol. The molecule has 25 heavy (non-hydrogen) atoms. The van der Waals surface area contributed by atoms with E-state index in [0.29, 0.717) is 13.0 Å². The minimum absolute atomic E-state index is 0.00418. The van der Waals surface area contributed by atoms with E-state index in [2.05, 4.69) is 15.3 Å². The monoisotopic (exact) mass is 358 g/mol. The van der Waals surface area contributed by atoms with Gasteiger partial charge in [-0.1, -0.05) is 6.07 Å². The standard InChI is InChI=1S/C18H22N4O2S/c1-12(23)19-10-14-5-3-6-16(21-14)17-7-4-8-22(17)18(24)9-15-11-25-13(2)20-15/h3,5-6,11,17H,4,7-10H2,1-2H3,(H,19,23)/t17-/m0/s1. The molecule has 6 nitrogen and oxygen atoms in total. The van der Waals surface area contributed by atoms with Gasteiger partial charge in [-0.2, -0.15) is 0 Å². The zero-order valence-corrected chi connectivity index (χ0v) is 15.3. The molecule has 1 aliphatic heterocycles. The predicted molar refractivity (Wildman–Crippen MR) is 96.0 cm³/mol. The van der Waals surface area contributed by atoms with E-state index in [0.717, 1.165) is 41.5 Å². The molecule has 0 aliphatic carbocycles. The number of aromatic nitrogens is 2. The molecule has 0 radical (unpaired) electrons. The van der Waals surface area contributed by atoms with Crippen molar-refractivity contribution in [3.63, 3.8) is 0 Å². The molecule has 7 heteroatoms. The van der Waals surface area contributed by atoms with Crippen LogP contribution in [0.4, 0.5) is 0 Å². The fraction of sp³-hybridized carbons (Fsp3) is 0.444. The van der Waals surface area contributed by atoms with Gasteiger partial charge in [-0.25, -0.2) is 4.98 Å². The van der Waals surface area contributed by atoms with Crippen LogP contribution in [-0.4, -0.2) is 33.2 Å². The lowest BCUT2D eigenvalue weighted by Crippen LogP contribution is -2.32. The molecule has 0 unspecified atom stereocenters. The Morgan fingerprint density at radius 2 is 2.16 bits per heavy atom. The van der Waals surface area contributed by atoms with Crippen molar-refractivity contribution in [2.75, 3.05) is 6.54 Å². The van der Waals surface area contributed by atoms with Crippen molar-refractivity contribution < 1.29 is 9.59 Å². The maximum absolute atomic E-state index is 12.7. The van der Waals surface area contributed by atoms with Crippen LogP contribution in [0.1, 0.15) is 47.9 Å². The summed E-state index contributed by atoms with van der Waals surface area (Å²) in [5.41, 5.74) is 2.54. The Morgan fingerprint density at radius 3 is 2.88 bits per heavy atom. The van der Waals surface area contributed by atoms with Crippen LogP contribution in [0, 0.1) is 6.92 Å². The van der Waals surface area contributed by atoms with Crippen LogP contribution in [0.15, 0.2) is 23.6 Å². The summed E-state index contributed by atoms with van der Waals surface area (Å²) >= 11 is 1.57. The zero-order valence-electron chi connectivity index (χ0n) is 14.5. The Kier molecular flexibility index (Phi) is 5.43. The first kappa shape index (κ1) is 17.5. The van der Waals surface area contributed by atoms with Gasteiger partial charge in [0.2, 0.25) is 11.8 Å². The van der Waals surface area contributed by atoms with Crippen LogP contribution in [0.2, 0.25) is 0 Å². The van der Waals surface area contributed by atoms with Crippen molar-refractivity contribution >= 4 is 23.2 Å². The quantitative estimate of drug-likeness (QED) is 0.890. The molecule has 3 heterocycles. The van der Waals surface area contributed by atoms with Crippen molar-refractivity contribution in [2.45, 2.75) is 45.7 Å². The maximum Gasteiger partial charge on any atom is 0.229 e. The molecule has 1 fully saturated rings. The van der Waals surface area contributed by atoms with Crippen molar-refractivity contribution in [3.05, 3.63) is 45.7 Å². The fourth-order valence-corrected chi connectivity index (χ4v) is 3.73. The van der Waals surface area contributed by atoms with Gasteiger partial charge in [-0.05, 0) is 31.9 Å². The summed E-state index contributed by atoms with van der Waals surface area (Å²) < 4.78 is 0. The van der Waals surface area contributed by atoms with Crippen molar-refractivity contribution in [3.8, 4) is 0 Å². The Balaban J connectivity index is 1.71. The van der Waals surface area contributed by atoms with Gasteiger partial charge in [0.25, 0.3) is 0 Å². The first-order chi connectivity index (χ1) is 12.0. The number of nitrogens with one attached hydrogen (secondary N) is 1. The zero-order chi connectivity index (χ0) is 17.8. The number of hydrogen-bond donors (Lipinski definition) is 1. The van der Waals surface area contributed by atoms with Gasteiger partial charge in [0, 0.05) is 18.8 Å². The molecule has 1 saturated heterocycles. The number of rotatable bonds is 5. The minimum Gasteiger partial charge on any atom is -0.351 e. The summed E-state index contributed by atoms with van der Waals surface area (Å²) in [6.45, 7) is 4.59. The first-order valence-electron chi connectivity index (χ1n) is 8.43. The van der Waals surface area contributed by atoms with Crippen molar-refractivity contribution in [2.24, 2.45) is 0 Å². The molecular weight excluding hydrogens is 336 g/mol. The van der Waals surface area contributed by atoms with E-state index in [9.17, 15) is 9.59 Å². The summed E-state index contributed by atoms with van der Waals surface area (Å²) in [7, 11) is 0. The lowest BCUT2D eigenvalue weighted by atomic mass is 10.1. The summed E-state index contributed by atoms with van der Waals surface area (Å²) in [4.78, 5) is 34.7. The fourth-order valence-electron chi connectivity index (χ4n) is 3.12. The Labute approximate surface area is 151 Å². The van der Waals surface area contributed by atoms with Gasteiger partial charge < -0.3 is 10.2 Å². The number of amides is 2. The molecule has 1 N–H and O–H groups in total. The molecule has 2 amide bonds. The number of likely N-dealkylation sites (tertiary alicyclic amines) is 1. The Morgan fingerprint density at radius 1 is 1.32 bits per heavy atom. The summed E-state index contributed by atoms with van der Waals surface area (Å²) in [6, 6.07) is 5.79. The molecule has 2 aromatic heterocycles. The molecule has 1 aliphatic rings. The summed E-state index contributed by atoms with van der Waals surface area (Å²) in [5.74, 6) is 0.0188. The summed E-state index contributed by atoms with van der Waals surface area (Å²) in [5, 5.41) is 5.69. The van der Waals surface area contributed by atoms with Gasteiger partial charge >= 0.3 is 0 Å². The third-order valence-corrected chi connectivity index (χ3v) is 5.08. The number of nitrogens with zero attached hydrogens (tertiary/aromatic N) is 3. The van der Waals surface area contributed by atoms with Crippen LogP contribution < -0.4 is 5.32 Å². The Bertz CT molecular complexity index is 774. The van der Waals surface area contributed by atoms with Gasteiger partial charge in [-0.3, -0.25) is 14.6 Å². The number of carbonyl (C=O) groups is 2. The number of aryl methyl sites for hydroxylation is 1. The lowest BCUT2D eigenvalue weighted by molar-refractivity contribution is -0.131. The molecule has 0 bridgehead atoms. The van der Waals surface area contributed by atoms with Crippen LogP contribution >= 0.6 is 11.3 Å². The second-order valence-corrected chi connectivity index (χ2v) is 7.31. The SMILES string of the molecule is CC(=O)NCc1cccc([C@@H]2CCCN2C(=O)Cc2csc(C)n2)n1. The molecule has 2 aromatic rings. The number of hydrogen-bond acceptors (Lipinski definition) is 5. The third-order valence-electron chi connectivity index (χ3n) is 4.26. The molecule has 1 atom stereocenters. The number of thiazole rings is 1. The van der Waals surface area contributed by atoms with E-state index in [1.54, 1.807) is 11.3 Å². The second-order valence-electron chi connectivity index (χ2n) is 6.24. The summed E-state index contributed by atoms with van der Waals surface area (Å²) in [6.07, 6.45) is 2.23. The third kappa shape index (κ3) is 4.42. The van der Waals surface area contributed by atoms with Gasteiger partial charge in [0.1, 0.15) is 0 Å². The lowest BCUT2D eigenvalue weighted by Gasteiger charge is -2.24. The highest BCUT2D eigenvalue weighted by Crippen LogP contribution is 2.31. The smallest absolute Gasteiger partial charge is 0.229 e. The average Bonchev–Trinajstić information content (AvgIpc) is 3.22. The maximum atomic E-state index is 12.7. The van der Waals surface area contributed by atoms with E-state index < -0.39 is 0 Å². The number of pyridine rings is 1. The van der Waals surface area contributed by atoms with Crippen LogP contribution in [0.3, 0.4) is 0 Å². The van der Waals surface area contributed by atoms with Gasteiger partial charge in [0.15, 0.2) is 0 Å². The molecule has 132 valence electrons. The highest BCUT2D eigenvalue weighted by atomic mass is 32.1. The van der Waals surface area contributed by atoms with E-state index >= 15 is 0 Å². The normalized spacial score (nSPS) is 16.9. The first-order valence-corrected chi connectivity index (χ1v) is 9.31. The van der Waals surface area contributed by atoms with Crippen LogP contribution in [0.5, 0.6) is 0 Å². The van der Waals surface area contributed by atoms with Crippen molar-refractivity contribution in [1.82, 2.24) is 20.2 Å². The highest BCUT2D eigenvalue weighted by molar-refractivity contribution is 7.09. The molecule has 3 rings (SSSR count).